The molecule has 19 N–H and O–H groups in total. The van der Waals surface area contributed by atoms with Crippen LogP contribution in [0.5, 0.6) is 0 Å². The van der Waals surface area contributed by atoms with Crippen molar-refractivity contribution in [3.63, 3.8) is 0 Å². The molecule has 0 radical (unpaired) electrons. The number of hydrogen-bond acceptors (Lipinski definition) is 18. The number of aliphatic carboxylic acids is 1. The predicted octanol–water partition coefficient (Wildman–Crippen LogP) is -7.96. The highest BCUT2D eigenvalue weighted by Crippen LogP contribution is 2.13. The Labute approximate surface area is 454 Å². The monoisotopic (exact) mass is 1120 g/mol. The number of amides is 12. The summed E-state index contributed by atoms with van der Waals surface area (Å²) in [6.45, 7) is 3.92. The van der Waals surface area contributed by atoms with Crippen molar-refractivity contribution < 1.29 is 87.5 Å². The summed E-state index contributed by atoms with van der Waals surface area (Å²) in [5.74, 6) is -15.3. The number of nitrogens with two attached hydrogens (primary N) is 3. The van der Waals surface area contributed by atoms with Crippen molar-refractivity contribution in [3.05, 3.63) is 35.9 Å². The summed E-state index contributed by atoms with van der Waals surface area (Å²) in [4.78, 5) is 182. The van der Waals surface area contributed by atoms with Crippen LogP contribution in [0.3, 0.4) is 0 Å². The van der Waals surface area contributed by atoms with E-state index < -0.39 is 182 Å². The lowest BCUT2D eigenvalue weighted by Crippen LogP contribution is -2.63. The zero-order valence-corrected chi connectivity index (χ0v) is 44.7. The van der Waals surface area contributed by atoms with E-state index in [1.165, 1.54) is 20.9 Å². The number of nitrogens with one attached hydrogen (secondary N) is 9. The number of aliphatic hydroxyl groups excluding tert-OH is 3. The highest BCUT2D eigenvalue weighted by Gasteiger charge is 2.38. The molecule has 31 nitrogen and oxygen atoms in total. The standard InChI is InChI=1S/C48H75N13O18/c1-23(2)17-30(45(76)55-28(13-10-16-49)42(73)56-29(14-15-37(68)69)43(74)57-31(19-35(50)66)44(75)53-24(3)25(4)64)58-47(78)34(18-27-11-8-7-9-12-27)61(6)36(67)20-52-41(72)32(21-62)59-48(79)38(39(70)40(51)71)60-46(77)33(22-63)54-26(5)65/h7-9,11-12,23-24,28-34,38-39,62-63,70H,10,13-22,49H2,1-6H3,(H2,50,66)(H2,51,71)(H,52,72)(H,53,75)(H,54,65)(H,55,76)(H,56,73)(H,57,74)(H,58,78)(H,59,79)(H,60,77)(H,68,69). The first-order valence-electron chi connectivity index (χ1n) is 24.8. The van der Waals surface area contributed by atoms with E-state index in [0.29, 0.717) is 5.56 Å². The number of aliphatic hydroxyl groups is 3. The minimum Gasteiger partial charge on any atom is -0.481 e. The van der Waals surface area contributed by atoms with Gasteiger partial charge in [0.05, 0.1) is 32.2 Å². The normalized spacial score (nSPS) is 14.7. The highest BCUT2D eigenvalue weighted by atomic mass is 16.4. The van der Waals surface area contributed by atoms with E-state index in [0.717, 1.165) is 11.8 Å². The zero-order valence-electron chi connectivity index (χ0n) is 44.7. The summed E-state index contributed by atoms with van der Waals surface area (Å²) in [5, 5.41) is 59.6. The first kappa shape index (κ1) is 68.9. The van der Waals surface area contributed by atoms with Gasteiger partial charge in [0.2, 0.25) is 70.9 Å². The Morgan fingerprint density at radius 3 is 1.59 bits per heavy atom. The van der Waals surface area contributed by atoms with Gasteiger partial charge in [0.25, 0.3) is 0 Å². The maximum atomic E-state index is 14.4. The average molecular weight is 1120 g/mol. The van der Waals surface area contributed by atoms with Gasteiger partial charge >= 0.3 is 5.97 Å². The van der Waals surface area contributed by atoms with E-state index in [1.54, 1.807) is 44.2 Å². The van der Waals surface area contributed by atoms with Crippen molar-refractivity contribution >= 4 is 82.6 Å². The number of carbonyl (C=O) groups is 14. The fourth-order valence-corrected chi connectivity index (χ4v) is 7.17. The molecular formula is C48H75N13O18. The molecule has 10 unspecified atom stereocenters. The van der Waals surface area contributed by atoms with Crippen molar-refractivity contribution in [2.75, 3.05) is 33.4 Å². The maximum Gasteiger partial charge on any atom is 0.303 e. The first-order chi connectivity index (χ1) is 37.0. The fourth-order valence-electron chi connectivity index (χ4n) is 7.17. The van der Waals surface area contributed by atoms with Crippen LogP contribution in [0.4, 0.5) is 0 Å². The lowest BCUT2D eigenvalue weighted by Gasteiger charge is -2.31. The second kappa shape index (κ2) is 34.6. The number of carboxylic acids is 1. The number of Topliss-reactive ketones (excluding diaryl/α,β-unsaturated/α-hetero) is 1. The molecule has 0 aliphatic rings. The Kier molecular flexibility index (Phi) is 30.1. The second-order valence-electron chi connectivity index (χ2n) is 18.7. The zero-order chi connectivity index (χ0) is 60.3. The molecule has 0 spiro atoms. The van der Waals surface area contributed by atoms with Gasteiger partial charge in [0.15, 0.2) is 11.9 Å². The van der Waals surface area contributed by atoms with E-state index in [2.05, 4.69) is 37.2 Å². The lowest BCUT2D eigenvalue weighted by atomic mass is 9.99. The van der Waals surface area contributed by atoms with E-state index in [9.17, 15) is 87.5 Å². The van der Waals surface area contributed by atoms with Crippen LogP contribution in [-0.2, 0) is 73.5 Å². The van der Waals surface area contributed by atoms with E-state index in [-0.39, 0.29) is 38.1 Å². The molecule has 0 saturated carbocycles. The molecule has 0 aliphatic carbocycles. The number of carbonyl (C=O) groups excluding carboxylic acids is 13. The van der Waals surface area contributed by atoms with Gasteiger partial charge in [0.1, 0.15) is 48.3 Å². The molecule has 0 heterocycles. The summed E-state index contributed by atoms with van der Waals surface area (Å²) >= 11 is 0. The number of likely N-dealkylation sites (N-methyl/N-ethyl adjacent to an activating group) is 1. The summed E-state index contributed by atoms with van der Waals surface area (Å²) < 4.78 is 0. The third kappa shape index (κ3) is 24.8. The van der Waals surface area contributed by atoms with E-state index in [1.807, 2.05) is 10.6 Å². The Bertz CT molecular complexity index is 2340. The Balaban J connectivity index is 3.48. The molecule has 1 rings (SSSR count). The molecule has 10 atom stereocenters. The Morgan fingerprint density at radius 1 is 0.608 bits per heavy atom. The quantitative estimate of drug-likeness (QED) is 0.0297. The van der Waals surface area contributed by atoms with Crippen LogP contribution in [0.15, 0.2) is 30.3 Å². The molecule has 12 amide bonds. The molecule has 0 fully saturated rings. The van der Waals surface area contributed by atoms with Crippen LogP contribution in [0, 0.1) is 5.92 Å². The van der Waals surface area contributed by atoms with Crippen LogP contribution in [0.1, 0.15) is 78.7 Å². The molecular weight excluding hydrogens is 1050 g/mol. The van der Waals surface area contributed by atoms with Crippen molar-refractivity contribution in [2.45, 2.75) is 140 Å². The minimum absolute atomic E-state index is 0.00437. The van der Waals surface area contributed by atoms with Crippen molar-refractivity contribution in [1.82, 2.24) is 52.8 Å². The number of rotatable bonds is 36. The Hall–Kier alpha value is -8.16. The predicted molar refractivity (Wildman–Crippen MR) is 275 cm³/mol. The van der Waals surface area contributed by atoms with Gasteiger partial charge in [-0.05, 0) is 57.6 Å². The van der Waals surface area contributed by atoms with Crippen molar-refractivity contribution in [2.24, 2.45) is 23.1 Å². The second-order valence-corrected chi connectivity index (χ2v) is 18.7. The third-order valence-electron chi connectivity index (χ3n) is 11.7. The fraction of sp³-hybridized carbons (Fsp3) is 0.583. The lowest BCUT2D eigenvalue weighted by molar-refractivity contribution is -0.141. The van der Waals surface area contributed by atoms with Gasteiger partial charge in [-0.2, -0.15) is 0 Å². The smallest absolute Gasteiger partial charge is 0.303 e. The van der Waals surface area contributed by atoms with Gasteiger partial charge in [-0.3, -0.25) is 67.1 Å². The average Bonchev–Trinajstić information content (AvgIpc) is 3.38. The molecule has 0 bridgehead atoms. The minimum atomic E-state index is -2.44. The molecule has 0 aliphatic heterocycles. The van der Waals surface area contributed by atoms with Gasteiger partial charge in [0, 0.05) is 26.8 Å². The topological polar surface area (TPSA) is 509 Å². The van der Waals surface area contributed by atoms with Crippen molar-refractivity contribution in [3.8, 4) is 0 Å². The molecule has 79 heavy (non-hydrogen) atoms. The van der Waals surface area contributed by atoms with Gasteiger partial charge in [-0.15, -0.1) is 0 Å². The number of ketones is 1. The SMILES string of the molecule is CC(=O)NC(CO)C(=O)NC(C(=O)NC(CO)C(=O)NCC(=O)N(C)C(Cc1ccccc1)C(=O)NC(CC(C)C)C(=O)NC(CCCN)C(=O)NC(CCC(=O)O)C(=O)NC(CC(N)=O)C(=O)NC(C)C(C)=O)C(O)C(N)=O. The molecule has 440 valence electrons. The summed E-state index contributed by atoms with van der Waals surface area (Å²) in [6, 6.07) is -6.32. The number of primary amides is 2. The molecule has 0 aromatic heterocycles. The van der Waals surface area contributed by atoms with Crippen LogP contribution in [0.2, 0.25) is 0 Å². The number of carboxylic acid groups (broad SMARTS) is 1. The summed E-state index contributed by atoms with van der Waals surface area (Å²) in [6.07, 6.45) is -4.71. The molecule has 0 saturated heterocycles. The van der Waals surface area contributed by atoms with Gasteiger partial charge in [-0.25, -0.2) is 0 Å². The van der Waals surface area contributed by atoms with Crippen LogP contribution < -0.4 is 65.1 Å². The summed E-state index contributed by atoms with van der Waals surface area (Å²) in [5.41, 5.74) is 16.7. The van der Waals surface area contributed by atoms with Crippen LogP contribution >= 0.6 is 0 Å². The van der Waals surface area contributed by atoms with Gasteiger partial charge < -0.3 is 90.4 Å². The number of benzene rings is 1. The van der Waals surface area contributed by atoms with Gasteiger partial charge in [-0.1, -0.05) is 44.2 Å². The maximum absolute atomic E-state index is 14.4. The number of nitrogens with zero attached hydrogens (tertiary/aromatic N) is 1. The molecule has 1 aromatic carbocycles. The Morgan fingerprint density at radius 2 is 1.10 bits per heavy atom. The summed E-state index contributed by atoms with van der Waals surface area (Å²) in [7, 11) is 1.20. The third-order valence-corrected chi connectivity index (χ3v) is 11.7. The van der Waals surface area contributed by atoms with Crippen molar-refractivity contribution in [1.29, 1.82) is 0 Å². The highest BCUT2D eigenvalue weighted by molar-refractivity contribution is 6.00. The first-order valence-corrected chi connectivity index (χ1v) is 24.8. The molecule has 31 heteroatoms. The van der Waals surface area contributed by atoms with Crippen LogP contribution in [-0.4, -0.2) is 202 Å². The van der Waals surface area contributed by atoms with E-state index in [4.69, 9.17) is 17.2 Å². The molecule has 1 aromatic rings. The van der Waals surface area contributed by atoms with E-state index >= 15 is 0 Å². The van der Waals surface area contributed by atoms with Crippen LogP contribution in [0.25, 0.3) is 0 Å². The largest absolute Gasteiger partial charge is 0.481 e. The number of hydrogen-bond donors (Lipinski definition) is 16.